The quantitative estimate of drug-likeness (QED) is 0.479. The molecule has 0 aromatic heterocycles. The van der Waals surface area contributed by atoms with Gasteiger partial charge >= 0.3 is 0 Å². The number of aryl methyl sites for hydroxylation is 1. The molecule has 27 heavy (non-hydrogen) atoms. The van der Waals surface area contributed by atoms with E-state index in [9.17, 15) is 14.4 Å². The lowest BCUT2D eigenvalue weighted by atomic mass is 10.1. The van der Waals surface area contributed by atoms with Gasteiger partial charge in [0.15, 0.2) is 5.11 Å². The van der Waals surface area contributed by atoms with Crippen LogP contribution in [0.25, 0.3) is 0 Å². The summed E-state index contributed by atoms with van der Waals surface area (Å²) in [6.45, 7) is 3.60. The molecule has 0 radical (unpaired) electrons. The van der Waals surface area contributed by atoms with E-state index in [0.29, 0.717) is 16.8 Å². The van der Waals surface area contributed by atoms with Gasteiger partial charge in [-0.25, -0.2) is 0 Å². The van der Waals surface area contributed by atoms with Crippen LogP contribution in [0.5, 0.6) is 0 Å². The molecule has 8 heteroatoms. The van der Waals surface area contributed by atoms with Gasteiger partial charge in [0.25, 0.3) is 11.8 Å². The number of hydrogen-bond donors (Lipinski definition) is 4. The highest BCUT2D eigenvalue weighted by Crippen LogP contribution is 2.12. The van der Waals surface area contributed by atoms with Crippen molar-refractivity contribution in [2.75, 3.05) is 5.32 Å². The normalized spacial score (nSPS) is 9.85. The van der Waals surface area contributed by atoms with Gasteiger partial charge in [-0.05, 0) is 55.5 Å². The Kier molecular flexibility index (Phi) is 7.01. The van der Waals surface area contributed by atoms with E-state index < -0.39 is 5.91 Å². The van der Waals surface area contributed by atoms with Crippen molar-refractivity contribution in [1.82, 2.24) is 16.2 Å². The molecule has 0 saturated heterocycles. The molecule has 7 nitrogen and oxygen atoms in total. The lowest BCUT2D eigenvalue weighted by Crippen LogP contribution is -2.48. The molecule has 0 atom stereocenters. The Morgan fingerprint density at radius 2 is 1.63 bits per heavy atom. The lowest BCUT2D eigenvalue weighted by Gasteiger charge is -2.11. The Bertz CT molecular complexity index is 866. The molecular weight excluding hydrogens is 364 g/mol. The molecule has 0 heterocycles. The van der Waals surface area contributed by atoms with Gasteiger partial charge in [-0.2, -0.15) is 0 Å². The van der Waals surface area contributed by atoms with Crippen molar-refractivity contribution in [3.8, 4) is 0 Å². The Morgan fingerprint density at radius 3 is 2.26 bits per heavy atom. The van der Waals surface area contributed by atoms with Gasteiger partial charge in [-0.3, -0.25) is 25.2 Å². The van der Waals surface area contributed by atoms with Crippen LogP contribution in [0.2, 0.25) is 0 Å². The highest BCUT2D eigenvalue weighted by molar-refractivity contribution is 7.80. The van der Waals surface area contributed by atoms with Crippen molar-refractivity contribution >= 4 is 40.7 Å². The number of hydrogen-bond acceptors (Lipinski definition) is 4. The van der Waals surface area contributed by atoms with E-state index in [1.807, 2.05) is 19.1 Å². The standard InChI is InChI=1S/C19H20N4O3S/c1-3-16(24)21-19(27)23-22-18(26)13-7-9-15(10-8-13)20-17(25)14-6-4-5-12(2)11-14/h4-11H,3H2,1-2H3,(H,20,25)(H,22,26)(H2,21,23,24,27). The molecule has 0 saturated carbocycles. The molecule has 0 fully saturated rings. The number of benzene rings is 2. The summed E-state index contributed by atoms with van der Waals surface area (Å²) in [6, 6.07) is 13.6. The third-order valence-electron chi connectivity index (χ3n) is 3.55. The highest BCUT2D eigenvalue weighted by atomic mass is 32.1. The molecule has 0 aliphatic heterocycles. The minimum atomic E-state index is -0.431. The first-order chi connectivity index (χ1) is 12.9. The Hall–Kier alpha value is -3.26. The van der Waals surface area contributed by atoms with Crippen LogP contribution < -0.4 is 21.5 Å². The third-order valence-corrected chi connectivity index (χ3v) is 3.75. The summed E-state index contributed by atoms with van der Waals surface area (Å²) >= 11 is 4.88. The second kappa shape index (κ2) is 9.44. The topological polar surface area (TPSA) is 99.3 Å². The van der Waals surface area contributed by atoms with Crippen molar-refractivity contribution in [2.24, 2.45) is 0 Å². The third kappa shape index (κ3) is 6.19. The summed E-state index contributed by atoms with van der Waals surface area (Å²) < 4.78 is 0. The minimum absolute atomic E-state index is 0.0113. The number of amides is 3. The number of nitrogens with one attached hydrogen (secondary N) is 4. The van der Waals surface area contributed by atoms with Crippen LogP contribution in [0, 0.1) is 6.92 Å². The number of carbonyl (C=O) groups is 3. The molecule has 0 unspecified atom stereocenters. The van der Waals surface area contributed by atoms with Crippen molar-refractivity contribution in [2.45, 2.75) is 20.3 Å². The van der Waals surface area contributed by atoms with Gasteiger partial charge in [0.1, 0.15) is 0 Å². The lowest BCUT2D eigenvalue weighted by molar-refractivity contribution is -0.119. The van der Waals surface area contributed by atoms with Gasteiger partial charge in [0.05, 0.1) is 0 Å². The van der Waals surface area contributed by atoms with E-state index in [1.54, 1.807) is 43.3 Å². The van der Waals surface area contributed by atoms with Crippen LogP contribution in [0.3, 0.4) is 0 Å². The van der Waals surface area contributed by atoms with Crippen LogP contribution in [0.1, 0.15) is 39.6 Å². The van der Waals surface area contributed by atoms with Gasteiger partial charge in [0.2, 0.25) is 5.91 Å². The maximum Gasteiger partial charge on any atom is 0.269 e. The summed E-state index contributed by atoms with van der Waals surface area (Å²) in [4.78, 5) is 35.5. The van der Waals surface area contributed by atoms with E-state index in [1.165, 1.54) is 0 Å². The largest absolute Gasteiger partial charge is 0.322 e. The summed E-state index contributed by atoms with van der Waals surface area (Å²) in [7, 11) is 0. The smallest absolute Gasteiger partial charge is 0.269 e. The van der Waals surface area contributed by atoms with Crippen molar-refractivity contribution in [3.63, 3.8) is 0 Å². The fraction of sp³-hybridized carbons (Fsp3) is 0.158. The Labute approximate surface area is 162 Å². The molecule has 140 valence electrons. The maximum absolute atomic E-state index is 12.2. The number of thiocarbonyl (C=S) groups is 1. The van der Waals surface area contributed by atoms with E-state index in [-0.39, 0.29) is 23.3 Å². The predicted octanol–water partition coefficient (Wildman–Crippen LogP) is 2.29. The number of carbonyl (C=O) groups excluding carboxylic acids is 3. The van der Waals surface area contributed by atoms with Gasteiger partial charge in [-0.1, -0.05) is 24.6 Å². The zero-order valence-corrected chi connectivity index (χ0v) is 15.8. The minimum Gasteiger partial charge on any atom is -0.322 e. The molecule has 0 spiro atoms. The van der Waals surface area contributed by atoms with Gasteiger partial charge in [0, 0.05) is 23.2 Å². The SMILES string of the molecule is CCC(=O)NC(=S)NNC(=O)c1ccc(NC(=O)c2cccc(C)c2)cc1. The van der Waals surface area contributed by atoms with E-state index in [4.69, 9.17) is 12.2 Å². The zero-order valence-electron chi connectivity index (χ0n) is 15.0. The summed E-state index contributed by atoms with van der Waals surface area (Å²) in [5.41, 5.74) is 7.32. The van der Waals surface area contributed by atoms with E-state index >= 15 is 0 Å². The molecule has 0 aliphatic carbocycles. The number of rotatable bonds is 4. The van der Waals surface area contributed by atoms with E-state index in [2.05, 4.69) is 21.5 Å². The van der Waals surface area contributed by atoms with Gasteiger partial charge < -0.3 is 10.6 Å². The summed E-state index contributed by atoms with van der Waals surface area (Å²) in [5.74, 6) is -0.912. The molecule has 2 aromatic rings. The number of hydrazine groups is 1. The first-order valence-corrected chi connectivity index (χ1v) is 8.68. The first kappa shape index (κ1) is 20.1. The molecule has 2 aromatic carbocycles. The van der Waals surface area contributed by atoms with Crippen LogP contribution in [-0.4, -0.2) is 22.8 Å². The van der Waals surface area contributed by atoms with Crippen LogP contribution in [0.4, 0.5) is 5.69 Å². The second-order valence-corrected chi connectivity index (χ2v) is 6.12. The number of anilines is 1. The summed E-state index contributed by atoms with van der Waals surface area (Å²) in [5, 5.41) is 5.19. The molecule has 4 N–H and O–H groups in total. The fourth-order valence-corrected chi connectivity index (χ4v) is 2.29. The average molecular weight is 384 g/mol. The van der Waals surface area contributed by atoms with Crippen LogP contribution in [-0.2, 0) is 4.79 Å². The first-order valence-electron chi connectivity index (χ1n) is 8.27. The second-order valence-electron chi connectivity index (χ2n) is 5.71. The maximum atomic E-state index is 12.2. The molecule has 0 bridgehead atoms. The average Bonchev–Trinajstić information content (AvgIpc) is 2.66. The van der Waals surface area contributed by atoms with Crippen molar-refractivity contribution in [3.05, 3.63) is 65.2 Å². The molecular formula is C19H20N4O3S. The fourth-order valence-electron chi connectivity index (χ4n) is 2.13. The van der Waals surface area contributed by atoms with Crippen molar-refractivity contribution < 1.29 is 14.4 Å². The van der Waals surface area contributed by atoms with Crippen LogP contribution >= 0.6 is 12.2 Å². The molecule has 2 rings (SSSR count). The van der Waals surface area contributed by atoms with E-state index in [0.717, 1.165) is 5.56 Å². The van der Waals surface area contributed by atoms with Crippen LogP contribution in [0.15, 0.2) is 48.5 Å². The van der Waals surface area contributed by atoms with Crippen molar-refractivity contribution in [1.29, 1.82) is 0 Å². The summed E-state index contributed by atoms with van der Waals surface area (Å²) in [6.07, 6.45) is 0.283. The highest BCUT2D eigenvalue weighted by Gasteiger charge is 2.09. The van der Waals surface area contributed by atoms with Gasteiger partial charge in [-0.15, -0.1) is 0 Å². The monoisotopic (exact) mass is 384 g/mol. The molecule has 3 amide bonds. The Balaban J connectivity index is 1.90. The Morgan fingerprint density at radius 1 is 0.926 bits per heavy atom. The predicted molar refractivity (Wildman–Crippen MR) is 107 cm³/mol. The zero-order chi connectivity index (χ0) is 19.8. The molecule has 0 aliphatic rings.